The van der Waals surface area contributed by atoms with Crippen LogP contribution in [0.15, 0.2) is 29.2 Å². The molecule has 0 spiro atoms. The highest BCUT2D eigenvalue weighted by Gasteiger charge is 2.32. The van der Waals surface area contributed by atoms with Gasteiger partial charge in [-0.1, -0.05) is 31.5 Å². The van der Waals surface area contributed by atoms with E-state index in [2.05, 4.69) is 36.5 Å². The third-order valence-corrected chi connectivity index (χ3v) is 4.92. The van der Waals surface area contributed by atoms with Gasteiger partial charge in [0.25, 0.3) is 0 Å². The number of nitrogens with two attached hydrogens (primary N) is 1. The number of rotatable bonds is 8. The molecular weight excluding hydrogens is 304 g/mol. The number of halogens is 1. The molecule has 21 heavy (non-hydrogen) atoms. The highest BCUT2D eigenvalue weighted by Crippen LogP contribution is 2.25. The molecule has 0 aliphatic heterocycles. The Labute approximate surface area is 138 Å². The van der Waals surface area contributed by atoms with Crippen molar-refractivity contribution < 1.29 is 4.79 Å². The Kier molecular flexibility index (Phi) is 9.75. The molecule has 0 fully saturated rings. The average molecular weight is 331 g/mol. The summed E-state index contributed by atoms with van der Waals surface area (Å²) in [6.45, 7) is 7.22. The van der Waals surface area contributed by atoms with Crippen molar-refractivity contribution in [2.45, 2.75) is 38.5 Å². The molecule has 0 bridgehead atoms. The van der Waals surface area contributed by atoms with E-state index in [9.17, 15) is 4.79 Å². The largest absolute Gasteiger partial charge is 0.355 e. The number of aryl methyl sites for hydroxylation is 1. The third-order valence-electron chi connectivity index (χ3n) is 3.90. The SMILES string of the molecule is CCC(CC)(CN)C(=O)NCCSc1ccc(C)cc1.Cl. The predicted octanol–water partition coefficient (Wildman–Crippen LogP) is 3.39. The van der Waals surface area contributed by atoms with Crippen molar-refractivity contribution in [1.29, 1.82) is 0 Å². The number of amides is 1. The average Bonchev–Trinajstić information content (AvgIpc) is 2.48. The van der Waals surface area contributed by atoms with Gasteiger partial charge in [-0.25, -0.2) is 0 Å². The first-order valence-electron chi connectivity index (χ1n) is 7.25. The highest BCUT2D eigenvalue weighted by atomic mass is 35.5. The van der Waals surface area contributed by atoms with Crippen molar-refractivity contribution in [3.8, 4) is 0 Å². The van der Waals surface area contributed by atoms with Gasteiger partial charge in [0.15, 0.2) is 0 Å². The van der Waals surface area contributed by atoms with Crippen molar-refractivity contribution in [2.24, 2.45) is 11.1 Å². The summed E-state index contributed by atoms with van der Waals surface area (Å²) in [5, 5.41) is 3.02. The first-order valence-corrected chi connectivity index (χ1v) is 8.24. The summed E-state index contributed by atoms with van der Waals surface area (Å²) in [7, 11) is 0. The Bertz CT molecular complexity index is 411. The summed E-state index contributed by atoms with van der Waals surface area (Å²) in [6, 6.07) is 8.44. The fraction of sp³-hybridized carbons (Fsp3) is 0.562. The molecule has 5 heteroatoms. The number of hydrogen-bond donors (Lipinski definition) is 2. The summed E-state index contributed by atoms with van der Waals surface area (Å²) >= 11 is 1.76. The first kappa shape index (κ1) is 20.3. The molecule has 0 saturated heterocycles. The lowest BCUT2D eigenvalue weighted by atomic mass is 9.81. The molecule has 0 heterocycles. The van der Waals surface area contributed by atoms with Crippen LogP contribution in [0.5, 0.6) is 0 Å². The lowest BCUT2D eigenvalue weighted by Gasteiger charge is -2.28. The van der Waals surface area contributed by atoms with E-state index >= 15 is 0 Å². The highest BCUT2D eigenvalue weighted by molar-refractivity contribution is 7.99. The number of hydrogen-bond acceptors (Lipinski definition) is 3. The van der Waals surface area contributed by atoms with Crippen molar-refractivity contribution in [3.63, 3.8) is 0 Å². The lowest BCUT2D eigenvalue weighted by Crippen LogP contribution is -2.45. The van der Waals surface area contributed by atoms with Crippen LogP contribution in [0.25, 0.3) is 0 Å². The van der Waals surface area contributed by atoms with Crippen LogP contribution in [0.3, 0.4) is 0 Å². The van der Waals surface area contributed by atoms with Crippen LogP contribution < -0.4 is 11.1 Å². The molecule has 1 rings (SSSR count). The predicted molar refractivity (Wildman–Crippen MR) is 94.2 cm³/mol. The third kappa shape index (κ3) is 5.89. The normalized spacial score (nSPS) is 10.9. The molecule has 1 aromatic rings. The van der Waals surface area contributed by atoms with Gasteiger partial charge in [0.2, 0.25) is 5.91 Å². The Balaban J connectivity index is 0.00000400. The minimum Gasteiger partial charge on any atom is -0.355 e. The second-order valence-electron chi connectivity index (χ2n) is 5.11. The number of carbonyl (C=O) groups excluding carboxylic acids is 1. The van der Waals surface area contributed by atoms with E-state index in [1.54, 1.807) is 11.8 Å². The molecule has 1 amide bonds. The number of nitrogens with one attached hydrogen (secondary N) is 1. The van der Waals surface area contributed by atoms with Gasteiger partial charge in [-0.15, -0.1) is 24.2 Å². The van der Waals surface area contributed by atoms with Gasteiger partial charge < -0.3 is 11.1 Å². The molecule has 0 saturated carbocycles. The molecule has 0 aliphatic rings. The molecule has 0 aliphatic carbocycles. The van der Waals surface area contributed by atoms with Crippen LogP contribution in [-0.4, -0.2) is 24.7 Å². The summed E-state index contributed by atoms with van der Waals surface area (Å²) in [6.07, 6.45) is 1.58. The maximum Gasteiger partial charge on any atom is 0.227 e. The zero-order valence-electron chi connectivity index (χ0n) is 13.1. The quantitative estimate of drug-likeness (QED) is 0.567. The van der Waals surface area contributed by atoms with Crippen LogP contribution in [0.2, 0.25) is 0 Å². The summed E-state index contributed by atoms with van der Waals surface area (Å²) in [4.78, 5) is 13.5. The monoisotopic (exact) mass is 330 g/mol. The van der Waals surface area contributed by atoms with Gasteiger partial charge >= 0.3 is 0 Å². The number of carbonyl (C=O) groups is 1. The van der Waals surface area contributed by atoms with Crippen molar-refractivity contribution in [1.82, 2.24) is 5.32 Å². The van der Waals surface area contributed by atoms with Crippen LogP contribution in [0.4, 0.5) is 0 Å². The van der Waals surface area contributed by atoms with E-state index < -0.39 is 5.41 Å². The van der Waals surface area contributed by atoms with E-state index in [-0.39, 0.29) is 18.3 Å². The van der Waals surface area contributed by atoms with Gasteiger partial charge in [-0.3, -0.25) is 4.79 Å². The van der Waals surface area contributed by atoms with Gasteiger partial charge in [-0.2, -0.15) is 0 Å². The Hall–Kier alpha value is -0.710. The second-order valence-corrected chi connectivity index (χ2v) is 6.28. The summed E-state index contributed by atoms with van der Waals surface area (Å²) < 4.78 is 0. The van der Waals surface area contributed by atoms with Crippen LogP contribution in [0.1, 0.15) is 32.3 Å². The fourth-order valence-corrected chi connectivity index (χ4v) is 2.88. The van der Waals surface area contributed by atoms with E-state index in [1.165, 1.54) is 10.5 Å². The lowest BCUT2D eigenvalue weighted by molar-refractivity contribution is -0.130. The smallest absolute Gasteiger partial charge is 0.227 e. The van der Waals surface area contributed by atoms with Crippen molar-refractivity contribution >= 4 is 30.1 Å². The Morgan fingerprint density at radius 3 is 2.29 bits per heavy atom. The molecule has 3 nitrogen and oxygen atoms in total. The van der Waals surface area contributed by atoms with E-state index in [1.807, 2.05) is 13.8 Å². The Morgan fingerprint density at radius 2 is 1.81 bits per heavy atom. The van der Waals surface area contributed by atoms with Gasteiger partial charge in [0, 0.05) is 23.7 Å². The van der Waals surface area contributed by atoms with Gasteiger partial charge in [0.05, 0.1) is 5.41 Å². The van der Waals surface area contributed by atoms with E-state index in [4.69, 9.17) is 5.73 Å². The van der Waals surface area contributed by atoms with E-state index in [0.29, 0.717) is 13.1 Å². The van der Waals surface area contributed by atoms with E-state index in [0.717, 1.165) is 18.6 Å². The van der Waals surface area contributed by atoms with Crippen LogP contribution in [-0.2, 0) is 4.79 Å². The molecule has 0 atom stereocenters. The van der Waals surface area contributed by atoms with Crippen LogP contribution >= 0.6 is 24.2 Å². The molecule has 0 radical (unpaired) electrons. The topological polar surface area (TPSA) is 55.1 Å². The zero-order chi connectivity index (χ0) is 15.0. The molecule has 1 aromatic carbocycles. The number of benzene rings is 1. The minimum absolute atomic E-state index is 0. The summed E-state index contributed by atoms with van der Waals surface area (Å²) in [5.74, 6) is 0.970. The Morgan fingerprint density at radius 1 is 1.24 bits per heavy atom. The van der Waals surface area contributed by atoms with Crippen LogP contribution in [0, 0.1) is 12.3 Å². The molecule has 0 aromatic heterocycles. The fourth-order valence-electron chi connectivity index (χ4n) is 2.11. The second kappa shape index (κ2) is 10.1. The van der Waals surface area contributed by atoms with Crippen molar-refractivity contribution in [2.75, 3.05) is 18.8 Å². The maximum absolute atomic E-state index is 12.2. The molecule has 120 valence electrons. The van der Waals surface area contributed by atoms with Gasteiger partial charge in [-0.05, 0) is 31.9 Å². The first-order chi connectivity index (χ1) is 9.57. The number of thioether (sulfide) groups is 1. The maximum atomic E-state index is 12.2. The minimum atomic E-state index is -0.394. The molecule has 3 N–H and O–H groups in total. The van der Waals surface area contributed by atoms with Gasteiger partial charge in [0.1, 0.15) is 0 Å². The summed E-state index contributed by atoms with van der Waals surface area (Å²) in [5.41, 5.74) is 6.64. The molecule has 0 unspecified atom stereocenters. The standard InChI is InChI=1S/C16H26N2OS.ClH/c1-4-16(5-2,12-17)15(19)18-10-11-20-14-8-6-13(3)7-9-14;/h6-9H,4-5,10-12,17H2,1-3H3,(H,18,19);1H. The molecular formula is C16H27ClN2OS. The zero-order valence-corrected chi connectivity index (χ0v) is 14.8. The van der Waals surface area contributed by atoms with Crippen molar-refractivity contribution in [3.05, 3.63) is 29.8 Å².